The van der Waals surface area contributed by atoms with Gasteiger partial charge in [0.2, 0.25) is 0 Å². The maximum Gasteiger partial charge on any atom is 0.159 e. The first-order chi connectivity index (χ1) is 24.0. The third-order valence-electron chi connectivity index (χ3n) is 10.0. The highest BCUT2D eigenvalue weighted by Gasteiger charge is 2.42. The van der Waals surface area contributed by atoms with Gasteiger partial charge in [-0.3, -0.25) is 0 Å². The Bertz CT molecular complexity index is 2500. The molecule has 1 aliphatic heterocycles. The van der Waals surface area contributed by atoms with Crippen molar-refractivity contribution in [3.63, 3.8) is 0 Å². The SMILES string of the molecule is C[Si]1(C)c2ccc3ccccc3c2-c2c(-c3cccc(-c4cccc(-c5ccc(-c6ccccc6)cc5)c4)c3)nc(-c3ccccc3)nc21. The van der Waals surface area contributed by atoms with Crippen molar-refractivity contribution in [1.29, 1.82) is 0 Å². The summed E-state index contributed by atoms with van der Waals surface area (Å²) < 4.78 is 0. The second-order valence-corrected chi connectivity index (χ2v) is 17.7. The smallest absolute Gasteiger partial charge is 0.159 e. The fourth-order valence-corrected chi connectivity index (χ4v) is 10.4. The zero-order chi connectivity index (χ0) is 33.0. The molecule has 1 aromatic heterocycles. The molecule has 7 aromatic carbocycles. The fourth-order valence-electron chi connectivity index (χ4n) is 7.47. The van der Waals surface area contributed by atoms with Crippen LogP contribution < -0.4 is 10.5 Å². The summed E-state index contributed by atoms with van der Waals surface area (Å²) in [6, 6.07) is 61.0. The third kappa shape index (κ3) is 5.02. The lowest BCUT2D eigenvalue weighted by molar-refractivity contribution is 1.21. The van der Waals surface area contributed by atoms with Gasteiger partial charge in [0.15, 0.2) is 5.82 Å². The summed E-state index contributed by atoms with van der Waals surface area (Å²) in [6.45, 7) is 4.87. The van der Waals surface area contributed by atoms with Crippen LogP contribution in [-0.4, -0.2) is 18.0 Å². The van der Waals surface area contributed by atoms with Crippen molar-refractivity contribution < 1.29 is 0 Å². The van der Waals surface area contributed by atoms with Crippen molar-refractivity contribution in [3.8, 4) is 67.2 Å². The van der Waals surface area contributed by atoms with Crippen LogP contribution in [0.1, 0.15) is 0 Å². The average molecular weight is 643 g/mol. The standard InChI is InChI=1S/C46H34N2Si/c1-49(2)41-28-27-34-15-9-10-22-40(34)42(41)43-44(47-45(48-46(43)49)35-16-7-4-8-17-35)39-21-12-20-38(30-39)37-19-11-18-36(29-37)33-25-23-32(24-26-33)31-13-5-3-6-14-31/h3-30H,1-2H3. The van der Waals surface area contributed by atoms with Gasteiger partial charge in [0.1, 0.15) is 8.07 Å². The molecule has 0 amide bonds. The summed E-state index contributed by atoms with van der Waals surface area (Å²) in [5.41, 5.74) is 12.9. The van der Waals surface area contributed by atoms with E-state index in [0.29, 0.717) is 0 Å². The summed E-state index contributed by atoms with van der Waals surface area (Å²) in [7, 11) is -2.13. The molecule has 0 atom stereocenters. The molecular weight excluding hydrogens is 609 g/mol. The van der Waals surface area contributed by atoms with E-state index in [9.17, 15) is 0 Å². The van der Waals surface area contributed by atoms with Crippen molar-refractivity contribution in [2.45, 2.75) is 13.1 Å². The summed E-state index contributed by atoms with van der Waals surface area (Å²) in [5, 5.41) is 5.18. The lowest BCUT2D eigenvalue weighted by Crippen LogP contribution is -2.50. The number of hydrogen-bond donors (Lipinski definition) is 0. The molecule has 0 saturated heterocycles. The van der Waals surface area contributed by atoms with Gasteiger partial charge < -0.3 is 0 Å². The number of benzene rings is 7. The molecule has 2 nitrogen and oxygen atoms in total. The van der Waals surface area contributed by atoms with Crippen LogP contribution >= 0.6 is 0 Å². The van der Waals surface area contributed by atoms with E-state index < -0.39 is 8.07 Å². The second-order valence-electron chi connectivity index (χ2n) is 13.4. The van der Waals surface area contributed by atoms with E-state index in [1.165, 1.54) is 65.8 Å². The molecule has 49 heavy (non-hydrogen) atoms. The van der Waals surface area contributed by atoms with Crippen molar-refractivity contribution in [1.82, 2.24) is 9.97 Å². The summed E-state index contributed by atoms with van der Waals surface area (Å²) in [4.78, 5) is 10.8. The molecule has 3 heteroatoms. The van der Waals surface area contributed by atoms with Crippen LogP contribution in [0, 0.1) is 0 Å². The number of rotatable bonds is 5. The van der Waals surface area contributed by atoms with Gasteiger partial charge in [-0.2, -0.15) is 0 Å². The fraction of sp³-hybridized carbons (Fsp3) is 0.0435. The van der Waals surface area contributed by atoms with E-state index in [0.717, 1.165) is 22.6 Å². The normalized spacial score (nSPS) is 12.9. The topological polar surface area (TPSA) is 25.8 Å². The number of fused-ring (bicyclic) bond motifs is 5. The van der Waals surface area contributed by atoms with Gasteiger partial charge in [0.25, 0.3) is 0 Å². The zero-order valence-corrected chi connectivity index (χ0v) is 28.6. The minimum Gasteiger partial charge on any atom is -0.237 e. The quantitative estimate of drug-likeness (QED) is 0.175. The van der Waals surface area contributed by atoms with Gasteiger partial charge in [0, 0.05) is 22.0 Å². The molecule has 2 heterocycles. The Kier molecular flexibility index (Phi) is 6.96. The molecule has 8 aromatic rings. The summed E-state index contributed by atoms with van der Waals surface area (Å²) in [5.74, 6) is 0.790. The van der Waals surface area contributed by atoms with Crippen LogP contribution in [0.2, 0.25) is 13.1 Å². The lowest BCUT2D eigenvalue weighted by atomic mass is 9.93. The van der Waals surface area contributed by atoms with E-state index in [1.54, 1.807) is 0 Å². The first kappa shape index (κ1) is 29.3. The van der Waals surface area contributed by atoms with E-state index in [1.807, 2.05) is 6.07 Å². The Morgan fingerprint density at radius 1 is 0.388 bits per heavy atom. The Labute approximate surface area is 288 Å². The molecule has 0 radical (unpaired) electrons. The van der Waals surface area contributed by atoms with Crippen molar-refractivity contribution in [2.75, 3.05) is 0 Å². The predicted octanol–water partition coefficient (Wildman–Crippen LogP) is 10.8. The Morgan fingerprint density at radius 2 is 0.898 bits per heavy atom. The summed E-state index contributed by atoms with van der Waals surface area (Å²) >= 11 is 0. The van der Waals surface area contributed by atoms with Crippen molar-refractivity contribution in [3.05, 3.63) is 170 Å². The van der Waals surface area contributed by atoms with Gasteiger partial charge in [-0.15, -0.1) is 0 Å². The predicted molar refractivity (Wildman–Crippen MR) is 209 cm³/mol. The average Bonchev–Trinajstić information content (AvgIpc) is 3.41. The van der Waals surface area contributed by atoms with Gasteiger partial charge in [-0.1, -0.05) is 171 Å². The maximum absolute atomic E-state index is 5.40. The minimum atomic E-state index is -2.13. The first-order valence-electron chi connectivity index (χ1n) is 16.9. The molecule has 1 aliphatic rings. The number of hydrogen-bond acceptors (Lipinski definition) is 2. The summed E-state index contributed by atoms with van der Waals surface area (Å²) in [6.07, 6.45) is 0. The highest BCUT2D eigenvalue weighted by molar-refractivity contribution is 7.03. The van der Waals surface area contributed by atoms with Crippen LogP contribution in [0.25, 0.3) is 77.9 Å². The molecule has 0 unspecified atom stereocenters. The first-order valence-corrected chi connectivity index (χ1v) is 19.9. The Hall–Kier alpha value is -5.90. The molecule has 0 bridgehead atoms. The second kappa shape index (κ2) is 11.7. The van der Waals surface area contributed by atoms with E-state index in [2.05, 4.69) is 177 Å². The van der Waals surface area contributed by atoms with Gasteiger partial charge in [0.05, 0.1) is 5.69 Å². The largest absolute Gasteiger partial charge is 0.237 e. The number of aromatic nitrogens is 2. The van der Waals surface area contributed by atoms with E-state index in [-0.39, 0.29) is 0 Å². The molecule has 9 rings (SSSR count). The van der Waals surface area contributed by atoms with Crippen LogP contribution in [-0.2, 0) is 0 Å². The van der Waals surface area contributed by atoms with Crippen LogP contribution in [0.15, 0.2) is 170 Å². The highest BCUT2D eigenvalue weighted by Crippen LogP contribution is 2.41. The monoisotopic (exact) mass is 642 g/mol. The highest BCUT2D eigenvalue weighted by atomic mass is 28.3. The van der Waals surface area contributed by atoms with Crippen molar-refractivity contribution in [2.24, 2.45) is 0 Å². The Balaban J connectivity index is 1.19. The molecule has 0 spiro atoms. The van der Waals surface area contributed by atoms with Crippen molar-refractivity contribution >= 4 is 29.4 Å². The maximum atomic E-state index is 5.40. The molecule has 232 valence electrons. The molecular formula is C46H34N2Si. The van der Waals surface area contributed by atoms with Crippen LogP contribution in [0.3, 0.4) is 0 Å². The van der Waals surface area contributed by atoms with Gasteiger partial charge in [-0.25, -0.2) is 9.97 Å². The van der Waals surface area contributed by atoms with E-state index in [4.69, 9.17) is 9.97 Å². The molecule has 0 aliphatic carbocycles. The molecule has 0 saturated carbocycles. The zero-order valence-electron chi connectivity index (χ0n) is 27.6. The van der Waals surface area contributed by atoms with Crippen LogP contribution in [0.4, 0.5) is 0 Å². The number of nitrogens with zero attached hydrogens (tertiary/aromatic N) is 2. The third-order valence-corrected chi connectivity index (χ3v) is 13.4. The lowest BCUT2D eigenvalue weighted by Gasteiger charge is -2.19. The minimum absolute atomic E-state index is 0.790. The molecule has 0 fully saturated rings. The van der Waals surface area contributed by atoms with Gasteiger partial charge in [-0.05, 0) is 67.0 Å². The van der Waals surface area contributed by atoms with Crippen LogP contribution in [0.5, 0.6) is 0 Å². The van der Waals surface area contributed by atoms with E-state index >= 15 is 0 Å². The Morgan fingerprint density at radius 3 is 1.59 bits per heavy atom. The van der Waals surface area contributed by atoms with Gasteiger partial charge >= 0.3 is 0 Å². The molecule has 0 N–H and O–H groups in total.